The normalized spacial score (nSPS) is 11.1. The second-order valence-electron chi connectivity index (χ2n) is 3.76. The number of hydrogen-bond donors (Lipinski definition) is 1. The second-order valence-corrected chi connectivity index (χ2v) is 3.76. The van der Waals surface area contributed by atoms with Crippen LogP contribution in [0.5, 0.6) is 5.75 Å². The van der Waals surface area contributed by atoms with Crippen molar-refractivity contribution in [3.63, 3.8) is 0 Å². The molecule has 0 unspecified atom stereocenters. The van der Waals surface area contributed by atoms with Crippen molar-refractivity contribution in [1.82, 2.24) is 4.98 Å². The van der Waals surface area contributed by atoms with Crippen molar-refractivity contribution >= 4 is 10.8 Å². The van der Waals surface area contributed by atoms with Crippen LogP contribution < -0.4 is 0 Å². The SMILES string of the molecule is CC(C)c1nccc2cc(O)ccc12. The summed E-state index contributed by atoms with van der Waals surface area (Å²) in [5, 5.41) is 11.5. The second kappa shape index (κ2) is 3.29. The maximum Gasteiger partial charge on any atom is 0.116 e. The van der Waals surface area contributed by atoms with E-state index in [1.54, 1.807) is 18.3 Å². The molecule has 0 saturated carbocycles. The van der Waals surface area contributed by atoms with Crippen molar-refractivity contribution < 1.29 is 5.11 Å². The highest BCUT2D eigenvalue weighted by molar-refractivity contribution is 5.85. The van der Waals surface area contributed by atoms with E-state index in [9.17, 15) is 5.11 Å². The molecule has 2 nitrogen and oxygen atoms in total. The predicted molar refractivity (Wildman–Crippen MR) is 57.5 cm³/mol. The number of phenols is 1. The van der Waals surface area contributed by atoms with Crippen LogP contribution in [0.1, 0.15) is 25.5 Å². The van der Waals surface area contributed by atoms with Gasteiger partial charge in [-0.1, -0.05) is 13.8 Å². The van der Waals surface area contributed by atoms with Crippen LogP contribution in [0, 0.1) is 0 Å². The highest BCUT2D eigenvalue weighted by Crippen LogP contribution is 2.25. The molecule has 0 aliphatic heterocycles. The highest BCUT2D eigenvalue weighted by Gasteiger charge is 2.06. The predicted octanol–water partition coefficient (Wildman–Crippen LogP) is 3.06. The first kappa shape index (κ1) is 9.00. The number of benzene rings is 1. The van der Waals surface area contributed by atoms with Crippen LogP contribution in [0.25, 0.3) is 10.8 Å². The van der Waals surface area contributed by atoms with Crippen LogP contribution in [-0.4, -0.2) is 10.1 Å². The molecule has 0 aliphatic carbocycles. The first-order valence-electron chi connectivity index (χ1n) is 4.76. The lowest BCUT2D eigenvalue weighted by atomic mass is 10.0. The van der Waals surface area contributed by atoms with E-state index in [4.69, 9.17) is 0 Å². The monoisotopic (exact) mass is 187 g/mol. The van der Waals surface area contributed by atoms with Gasteiger partial charge in [0.25, 0.3) is 0 Å². The van der Waals surface area contributed by atoms with Crippen LogP contribution in [0.4, 0.5) is 0 Å². The van der Waals surface area contributed by atoms with E-state index < -0.39 is 0 Å². The van der Waals surface area contributed by atoms with E-state index in [2.05, 4.69) is 18.8 Å². The third-order valence-corrected chi connectivity index (χ3v) is 2.33. The molecule has 1 aromatic carbocycles. The van der Waals surface area contributed by atoms with Gasteiger partial charge in [-0.15, -0.1) is 0 Å². The average molecular weight is 187 g/mol. The largest absolute Gasteiger partial charge is 0.508 e. The van der Waals surface area contributed by atoms with Gasteiger partial charge in [-0.3, -0.25) is 4.98 Å². The maximum atomic E-state index is 9.34. The molecule has 0 fully saturated rings. The van der Waals surface area contributed by atoms with Crippen LogP contribution in [0.15, 0.2) is 30.5 Å². The van der Waals surface area contributed by atoms with E-state index in [0.29, 0.717) is 11.7 Å². The van der Waals surface area contributed by atoms with Crippen LogP contribution >= 0.6 is 0 Å². The summed E-state index contributed by atoms with van der Waals surface area (Å²) in [4.78, 5) is 4.35. The first-order valence-corrected chi connectivity index (χ1v) is 4.76. The molecule has 0 spiro atoms. The molecule has 2 heteroatoms. The Hall–Kier alpha value is -1.57. The average Bonchev–Trinajstić information content (AvgIpc) is 2.16. The smallest absolute Gasteiger partial charge is 0.116 e. The molecule has 72 valence electrons. The molecule has 1 N–H and O–H groups in total. The minimum atomic E-state index is 0.304. The lowest BCUT2D eigenvalue weighted by Crippen LogP contribution is -1.93. The molecule has 0 saturated heterocycles. The molecule has 0 radical (unpaired) electrons. The Morgan fingerprint density at radius 1 is 1.21 bits per heavy atom. The number of hydrogen-bond acceptors (Lipinski definition) is 2. The molecular weight excluding hydrogens is 174 g/mol. The van der Waals surface area contributed by atoms with Gasteiger partial charge in [-0.25, -0.2) is 0 Å². The van der Waals surface area contributed by atoms with Crippen LogP contribution in [-0.2, 0) is 0 Å². The van der Waals surface area contributed by atoms with Crippen molar-refractivity contribution in [3.05, 3.63) is 36.2 Å². The van der Waals surface area contributed by atoms with Gasteiger partial charge in [0.15, 0.2) is 0 Å². The summed E-state index contributed by atoms with van der Waals surface area (Å²) in [5.74, 6) is 0.710. The lowest BCUT2D eigenvalue weighted by molar-refractivity contribution is 0.476. The number of aromatic nitrogens is 1. The van der Waals surface area contributed by atoms with Gasteiger partial charge in [-0.05, 0) is 35.6 Å². The van der Waals surface area contributed by atoms with Crippen molar-refractivity contribution in [1.29, 1.82) is 0 Å². The summed E-state index contributed by atoms with van der Waals surface area (Å²) in [7, 11) is 0. The number of fused-ring (bicyclic) bond motifs is 1. The van der Waals surface area contributed by atoms with Gasteiger partial charge in [0, 0.05) is 11.6 Å². The summed E-state index contributed by atoms with van der Waals surface area (Å²) >= 11 is 0. The van der Waals surface area contributed by atoms with E-state index in [1.807, 2.05) is 12.1 Å². The molecule has 0 bridgehead atoms. The van der Waals surface area contributed by atoms with Crippen molar-refractivity contribution in [3.8, 4) is 5.75 Å². The highest BCUT2D eigenvalue weighted by atomic mass is 16.3. The van der Waals surface area contributed by atoms with Crippen LogP contribution in [0.2, 0.25) is 0 Å². The summed E-state index contributed by atoms with van der Waals surface area (Å²) in [6.07, 6.45) is 1.79. The van der Waals surface area contributed by atoms with Crippen molar-refractivity contribution in [2.24, 2.45) is 0 Å². The van der Waals surface area contributed by atoms with Gasteiger partial charge in [0.2, 0.25) is 0 Å². The Balaban J connectivity index is 2.75. The summed E-state index contributed by atoms with van der Waals surface area (Å²) in [6.45, 7) is 4.24. The van der Waals surface area contributed by atoms with Gasteiger partial charge >= 0.3 is 0 Å². The molecule has 1 heterocycles. The summed E-state index contributed by atoms with van der Waals surface area (Å²) in [6, 6.07) is 7.31. The number of aromatic hydroxyl groups is 1. The molecule has 0 atom stereocenters. The molecule has 0 aliphatic rings. The Bertz CT molecular complexity index is 463. The van der Waals surface area contributed by atoms with Gasteiger partial charge < -0.3 is 5.11 Å². The number of nitrogens with zero attached hydrogens (tertiary/aromatic N) is 1. The fraction of sp³-hybridized carbons (Fsp3) is 0.250. The molecule has 1 aromatic heterocycles. The molecule has 0 amide bonds. The molecule has 2 rings (SSSR count). The van der Waals surface area contributed by atoms with Gasteiger partial charge in [0.1, 0.15) is 5.75 Å². The van der Waals surface area contributed by atoms with E-state index in [-0.39, 0.29) is 0 Å². The van der Waals surface area contributed by atoms with Crippen molar-refractivity contribution in [2.75, 3.05) is 0 Å². The Labute approximate surface area is 83.2 Å². The zero-order chi connectivity index (χ0) is 10.1. The topological polar surface area (TPSA) is 33.1 Å². The Morgan fingerprint density at radius 3 is 2.71 bits per heavy atom. The summed E-state index contributed by atoms with van der Waals surface area (Å²) < 4.78 is 0. The van der Waals surface area contributed by atoms with Gasteiger partial charge in [-0.2, -0.15) is 0 Å². The molecule has 2 aromatic rings. The Kier molecular flexibility index (Phi) is 2.12. The van der Waals surface area contributed by atoms with Crippen molar-refractivity contribution in [2.45, 2.75) is 19.8 Å². The number of pyridine rings is 1. The molecule has 14 heavy (non-hydrogen) atoms. The third-order valence-electron chi connectivity index (χ3n) is 2.33. The number of phenolic OH excluding ortho intramolecular Hbond substituents is 1. The minimum absolute atomic E-state index is 0.304. The zero-order valence-corrected chi connectivity index (χ0v) is 8.36. The lowest BCUT2D eigenvalue weighted by Gasteiger charge is -2.08. The fourth-order valence-electron chi connectivity index (χ4n) is 1.65. The van der Waals surface area contributed by atoms with E-state index >= 15 is 0 Å². The maximum absolute atomic E-state index is 9.34. The minimum Gasteiger partial charge on any atom is -0.508 e. The molecular formula is C12H13NO. The quantitative estimate of drug-likeness (QED) is 0.744. The van der Waals surface area contributed by atoms with Crippen LogP contribution in [0.3, 0.4) is 0 Å². The number of rotatable bonds is 1. The first-order chi connectivity index (χ1) is 6.68. The third kappa shape index (κ3) is 1.43. The Morgan fingerprint density at radius 2 is 2.00 bits per heavy atom. The van der Waals surface area contributed by atoms with E-state index in [1.165, 1.54) is 0 Å². The fourth-order valence-corrected chi connectivity index (χ4v) is 1.65. The zero-order valence-electron chi connectivity index (χ0n) is 8.36. The summed E-state index contributed by atoms with van der Waals surface area (Å²) in [5.41, 5.74) is 1.09. The van der Waals surface area contributed by atoms with E-state index in [0.717, 1.165) is 16.5 Å². The van der Waals surface area contributed by atoms with Gasteiger partial charge in [0.05, 0.1) is 5.69 Å². The standard InChI is InChI=1S/C12H13NO/c1-8(2)12-11-4-3-10(14)7-9(11)5-6-13-12/h3-8,14H,1-2H3.